The van der Waals surface area contributed by atoms with E-state index in [4.69, 9.17) is 4.74 Å². The molecule has 2 aliphatic rings. The average molecular weight is 351 g/mol. The third-order valence-corrected chi connectivity index (χ3v) is 4.85. The number of ether oxygens (including phenoxy) is 1. The van der Waals surface area contributed by atoms with Gasteiger partial charge in [-0.15, -0.1) is 12.4 Å². The van der Waals surface area contributed by atoms with Crippen LogP contribution < -0.4 is 10.4 Å². The Bertz CT molecular complexity index is 681. The lowest BCUT2D eigenvalue weighted by atomic mass is 9.98. The van der Waals surface area contributed by atoms with Crippen molar-refractivity contribution < 1.29 is 9.53 Å². The maximum atomic E-state index is 11.9. The van der Waals surface area contributed by atoms with Gasteiger partial charge in [-0.1, -0.05) is 31.2 Å². The second kappa shape index (κ2) is 8.54. The van der Waals surface area contributed by atoms with E-state index in [2.05, 4.69) is 35.2 Å². The summed E-state index contributed by atoms with van der Waals surface area (Å²) in [5, 5.41) is 2.76. The molecule has 132 valence electrons. The smallest absolute Gasteiger partial charge is 0.409 e. The van der Waals surface area contributed by atoms with Crippen LogP contribution in [0.25, 0.3) is 11.6 Å². The highest BCUT2D eigenvalue weighted by molar-refractivity contribution is 5.85. The predicted molar refractivity (Wildman–Crippen MR) is 99.7 cm³/mol. The molecular formula is C19H27ClN2O2. The normalized spacial score (nSPS) is 17.2. The summed E-state index contributed by atoms with van der Waals surface area (Å²) in [5.74, 6) is 0. The molecule has 5 heteroatoms. The predicted octanol–water partition coefficient (Wildman–Crippen LogP) is 2.00. The van der Waals surface area contributed by atoms with Gasteiger partial charge in [0, 0.05) is 32.7 Å². The van der Waals surface area contributed by atoms with E-state index < -0.39 is 0 Å². The summed E-state index contributed by atoms with van der Waals surface area (Å²) in [6.45, 7) is 5.62. The molecule has 1 aliphatic heterocycles. The zero-order valence-corrected chi connectivity index (χ0v) is 15.3. The highest BCUT2D eigenvalue weighted by Gasteiger charge is 2.26. The van der Waals surface area contributed by atoms with Gasteiger partial charge in [-0.2, -0.15) is 0 Å². The maximum Gasteiger partial charge on any atom is 0.409 e. The second-order valence-corrected chi connectivity index (χ2v) is 6.49. The lowest BCUT2D eigenvalue weighted by Crippen LogP contribution is -2.47. The van der Waals surface area contributed by atoms with Crippen LogP contribution in [0.5, 0.6) is 0 Å². The summed E-state index contributed by atoms with van der Waals surface area (Å²) < 4.78 is 5.23. The third-order valence-electron chi connectivity index (χ3n) is 4.85. The lowest BCUT2D eigenvalue weighted by Gasteiger charge is -2.36. The Morgan fingerprint density at radius 2 is 2.00 bits per heavy atom. The Morgan fingerprint density at radius 3 is 2.67 bits per heavy atom. The van der Waals surface area contributed by atoms with Crippen LogP contribution in [-0.2, 0) is 4.74 Å². The molecule has 0 N–H and O–H groups in total. The van der Waals surface area contributed by atoms with E-state index in [-0.39, 0.29) is 18.5 Å². The van der Waals surface area contributed by atoms with Crippen molar-refractivity contribution in [2.24, 2.45) is 0 Å². The number of rotatable bonds is 5. The first-order valence-corrected chi connectivity index (χ1v) is 8.61. The minimum Gasteiger partial charge on any atom is -0.449 e. The Morgan fingerprint density at radius 1 is 1.29 bits per heavy atom. The van der Waals surface area contributed by atoms with E-state index in [0.29, 0.717) is 12.6 Å². The number of amides is 1. The van der Waals surface area contributed by atoms with E-state index in [1.165, 1.54) is 16.0 Å². The molecule has 1 heterocycles. The largest absolute Gasteiger partial charge is 0.449 e. The van der Waals surface area contributed by atoms with Crippen LogP contribution in [-0.4, -0.2) is 55.2 Å². The van der Waals surface area contributed by atoms with Gasteiger partial charge in [0.25, 0.3) is 0 Å². The lowest BCUT2D eigenvalue weighted by molar-refractivity contribution is 0.0792. The number of hydrogen-bond donors (Lipinski definition) is 0. The van der Waals surface area contributed by atoms with Crippen molar-refractivity contribution in [3.05, 3.63) is 34.7 Å². The van der Waals surface area contributed by atoms with E-state index >= 15 is 0 Å². The first kappa shape index (κ1) is 18.8. The van der Waals surface area contributed by atoms with Gasteiger partial charge in [-0.05, 0) is 41.3 Å². The number of halogens is 1. The minimum absolute atomic E-state index is 0. The van der Waals surface area contributed by atoms with Crippen LogP contribution >= 0.6 is 12.4 Å². The van der Waals surface area contributed by atoms with E-state index in [1.807, 2.05) is 14.0 Å². The highest BCUT2D eigenvalue weighted by atomic mass is 35.5. The van der Waals surface area contributed by atoms with Crippen LogP contribution in [0.4, 0.5) is 4.79 Å². The quantitative estimate of drug-likeness (QED) is 0.814. The highest BCUT2D eigenvalue weighted by Crippen LogP contribution is 2.18. The monoisotopic (exact) mass is 350 g/mol. The fraction of sp³-hybridized carbons (Fsp3) is 0.526. The molecule has 4 nitrogen and oxygen atoms in total. The number of hydrogen-bond acceptors (Lipinski definition) is 3. The van der Waals surface area contributed by atoms with Gasteiger partial charge >= 0.3 is 6.09 Å². The number of fused-ring (bicyclic) bond motifs is 1. The fourth-order valence-electron chi connectivity index (χ4n) is 3.38. The Kier molecular flexibility index (Phi) is 6.69. The molecule has 1 aliphatic carbocycles. The minimum atomic E-state index is -0.180. The SMILES string of the molecule is CCCOC(=O)N(C)C1CCN(CC2=c3ccccc3=C2)CC1.Cl. The van der Waals surface area contributed by atoms with Crippen molar-refractivity contribution >= 4 is 30.1 Å². The molecule has 1 saturated heterocycles. The number of nitrogens with zero attached hydrogens (tertiary/aromatic N) is 2. The number of benzene rings is 1. The van der Waals surface area contributed by atoms with Crippen molar-refractivity contribution in [2.45, 2.75) is 32.2 Å². The van der Waals surface area contributed by atoms with Gasteiger partial charge in [0.05, 0.1) is 6.61 Å². The molecule has 1 aromatic carbocycles. The molecule has 0 bridgehead atoms. The first-order chi connectivity index (χ1) is 11.2. The Hall–Kier alpha value is -1.52. The molecule has 0 unspecified atom stereocenters. The number of carbonyl (C=O) groups is 1. The molecule has 1 aromatic rings. The topological polar surface area (TPSA) is 32.8 Å². The summed E-state index contributed by atoms with van der Waals surface area (Å²) in [6, 6.07) is 8.87. The van der Waals surface area contributed by atoms with Gasteiger partial charge in [-0.3, -0.25) is 4.90 Å². The van der Waals surface area contributed by atoms with Crippen molar-refractivity contribution in [1.82, 2.24) is 9.80 Å². The molecular weight excluding hydrogens is 324 g/mol. The Labute approximate surface area is 150 Å². The van der Waals surface area contributed by atoms with Crippen LogP contribution in [0.3, 0.4) is 0 Å². The van der Waals surface area contributed by atoms with E-state index in [0.717, 1.165) is 38.9 Å². The number of likely N-dealkylation sites (tertiary alicyclic amines) is 1. The molecule has 0 aromatic heterocycles. The standard InChI is InChI=1S/C19H26N2O2.ClH/c1-3-12-23-19(22)20(2)17-8-10-21(11-9-17)14-16-13-15-6-4-5-7-18(15)16;/h4-7,13,17H,3,8-12,14H2,1-2H3;1H. The molecule has 1 fully saturated rings. The molecule has 1 amide bonds. The zero-order chi connectivity index (χ0) is 16.2. The average Bonchev–Trinajstić information content (AvgIpc) is 2.57. The molecule has 0 atom stereocenters. The van der Waals surface area contributed by atoms with Crippen LogP contribution in [0.15, 0.2) is 24.3 Å². The first-order valence-electron chi connectivity index (χ1n) is 8.61. The van der Waals surface area contributed by atoms with Crippen molar-refractivity contribution in [3.63, 3.8) is 0 Å². The molecule has 0 spiro atoms. The Balaban J connectivity index is 0.00000208. The second-order valence-electron chi connectivity index (χ2n) is 6.49. The van der Waals surface area contributed by atoms with Gasteiger partial charge in [0.2, 0.25) is 0 Å². The molecule has 0 saturated carbocycles. The van der Waals surface area contributed by atoms with Crippen LogP contribution in [0.2, 0.25) is 0 Å². The summed E-state index contributed by atoms with van der Waals surface area (Å²) in [6.07, 6.45) is 5.02. The summed E-state index contributed by atoms with van der Waals surface area (Å²) in [4.78, 5) is 16.2. The van der Waals surface area contributed by atoms with Crippen LogP contribution in [0.1, 0.15) is 26.2 Å². The third kappa shape index (κ3) is 4.11. The van der Waals surface area contributed by atoms with E-state index in [9.17, 15) is 4.79 Å². The van der Waals surface area contributed by atoms with Crippen molar-refractivity contribution in [2.75, 3.05) is 33.3 Å². The fourth-order valence-corrected chi connectivity index (χ4v) is 3.38. The van der Waals surface area contributed by atoms with Crippen molar-refractivity contribution in [3.8, 4) is 0 Å². The molecule has 0 radical (unpaired) electrons. The number of carbonyl (C=O) groups excluding carboxylic acids is 1. The van der Waals surface area contributed by atoms with Gasteiger partial charge < -0.3 is 9.64 Å². The van der Waals surface area contributed by atoms with Crippen LogP contribution in [0, 0.1) is 0 Å². The van der Waals surface area contributed by atoms with Gasteiger partial charge in [-0.25, -0.2) is 4.79 Å². The maximum absolute atomic E-state index is 11.9. The summed E-state index contributed by atoms with van der Waals surface area (Å²) >= 11 is 0. The zero-order valence-electron chi connectivity index (χ0n) is 14.5. The van der Waals surface area contributed by atoms with E-state index in [1.54, 1.807) is 4.90 Å². The summed E-state index contributed by atoms with van der Waals surface area (Å²) in [5.41, 5.74) is 1.44. The molecule has 24 heavy (non-hydrogen) atoms. The number of piperidine rings is 1. The molecule has 3 rings (SSSR count). The van der Waals surface area contributed by atoms with Crippen molar-refractivity contribution in [1.29, 1.82) is 0 Å². The van der Waals surface area contributed by atoms with Gasteiger partial charge in [0.1, 0.15) is 0 Å². The van der Waals surface area contributed by atoms with Gasteiger partial charge in [0.15, 0.2) is 0 Å². The summed E-state index contributed by atoms with van der Waals surface area (Å²) in [7, 11) is 1.86.